The van der Waals surface area contributed by atoms with Crippen LogP contribution < -0.4 is 11.1 Å². The van der Waals surface area contributed by atoms with Crippen LogP contribution in [0.4, 0.5) is 5.69 Å². The number of nitrogens with zero attached hydrogens (tertiary/aromatic N) is 1. The number of aryl methyl sites for hydroxylation is 1. The van der Waals surface area contributed by atoms with E-state index in [1.54, 1.807) is 0 Å². The average molecular weight is 310 g/mol. The molecule has 116 valence electrons. The minimum atomic E-state index is -0.00819. The van der Waals surface area contributed by atoms with Crippen LogP contribution in [0.2, 0.25) is 0 Å². The Hall–Kier alpha value is -1.10. The Morgan fingerprint density at radius 2 is 2.10 bits per heavy atom. The maximum atomic E-state index is 12.5. The number of hydrogen-bond donors (Lipinski definition) is 2. The number of amides is 1. The zero-order valence-electron chi connectivity index (χ0n) is 12.4. The van der Waals surface area contributed by atoms with Gasteiger partial charge in [0.25, 0.3) is 0 Å². The molecule has 5 heteroatoms. The summed E-state index contributed by atoms with van der Waals surface area (Å²) in [5.74, 6) is 0.661. The van der Waals surface area contributed by atoms with E-state index in [0.717, 1.165) is 38.0 Å². The van der Waals surface area contributed by atoms with Crippen molar-refractivity contribution >= 4 is 24.0 Å². The molecule has 0 aromatic heterocycles. The number of carbonyl (C=O) groups excluding carboxylic acids is 1. The number of nitrogens with two attached hydrogens (primary N) is 1. The molecule has 0 radical (unpaired) electrons. The summed E-state index contributed by atoms with van der Waals surface area (Å²) in [6, 6.07) is 8.31. The van der Waals surface area contributed by atoms with E-state index in [1.807, 2.05) is 18.2 Å². The number of likely N-dealkylation sites (tertiary alicyclic amines) is 1. The van der Waals surface area contributed by atoms with E-state index in [4.69, 9.17) is 5.73 Å². The second-order valence-corrected chi connectivity index (χ2v) is 6.10. The van der Waals surface area contributed by atoms with Gasteiger partial charge in [-0.2, -0.15) is 0 Å². The Kier molecular flexibility index (Phi) is 5.25. The van der Waals surface area contributed by atoms with Gasteiger partial charge in [-0.1, -0.05) is 18.2 Å². The van der Waals surface area contributed by atoms with Crippen LogP contribution in [0, 0.1) is 5.92 Å². The first-order valence-corrected chi connectivity index (χ1v) is 7.53. The normalized spacial score (nSPS) is 27.2. The number of anilines is 1. The largest absolute Gasteiger partial charge is 0.328 e. The highest BCUT2D eigenvalue weighted by molar-refractivity contribution is 5.96. The summed E-state index contributed by atoms with van der Waals surface area (Å²) in [6.07, 6.45) is 2.96. The molecule has 4 nitrogen and oxygen atoms in total. The van der Waals surface area contributed by atoms with E-state index in [-0.39, 0.29) is 30.4 Å². The Morgan fingerprint density at radius 1 is 1.33 bits per heavy atom. The van der Waals surface area contributed by atoms with Crippen molar-refractivity contribution in [3.05, 3.63) is 29.8 Å². The minimum Gasteiger partial charge on any atom is -0.328 e. The SMILES string of the molecule is CC(N)C1CCN(C2CCc3ccccc3NC2=O)C1.Cl. The fourth-order valence-corrected chi connectivity index (χ4v) is 3.38. The van der Waals surface area contributed by atoms with Crippen molar-refractivity contribution in [3.63, 3.8) is 0 Å². The number of carbonyl (C=O) groups is 1. The van der Waals surface area contributed by atoms with Crippen LogP contribution in [-0.2, 0) is 11.2 Å². The molecule has 3 rings (SSSR count). The third-order valence-electron chi connectivity index (χ3n) is 4.71. The number of benzene rings is 1. The number of nitrogens with one attached hydrogen (secondary N) is 1. The summed E-state index contributed by atoms with van der Waals surface area (Å²) in [5.41, 5.74) is 8.21. The van der Waals surface area contributed by atoms with E-state index >= 15 is 0 Å². The van der Waals surface area contributed by atoms with Gasteiger partial charge in [0, 0.05) is 18.3 Å². The Morgan fingerprint density at radius 3 is 2.81 bits per heavy atom. The molecule has 0 aliphatic carbocycles. The van der Waals surface area contributed by atoms with Gasteiger partial charge in [0.1, 0.15) is 0 Å². The molecular weight excluding hydrogens is 286 g/mol. The molecule has 1 aromatic rings. The van der Waals surface area contributed by atoms with Gasteiger partial charge >= 0.3 is 0 Å². The van der Waals surface area contributed by atoms with Gasteiger partial charge in [-0.05, 0) is 50.3 Å². The fraction of sp³-hybridized carbons (Fsp3) is 0.562. The van der Waals surface area contributed by atoms with Gasteiger partial charge in [0.05, 0.1) is 6.04 Å². The number of para-hydroxylation sites is 1. The van der Waals surface area contributed by atoms with Crippen LogP contribution in [0.25, 0.3) is 0 Å². The molecule has 2 heterocycles. The van der Waals surface area contributed by atoms with Crippen molar-refractivity contribution in [1.29, 1.82) is 0 Å². The molecular formula is C16H24ClN3O. The predicted molar refractivity (Wildman–Crippen MR) is 87.8 cm³/mol. The highest BCUT2D eigenvalue weighted by Crippen LogP contribution is 2.27. The summed E-state index contributed by atoms with van der Waals surface area (Å²) in [5, 5.41) is 3.08. The minimum absolute atomic E-state index is 0. The number of halogens is 1. The van der Waals surface area contributed by atoms with Crippen molar-refractivity contribution in [2.24, 2.45) is 11.7 Å². The van der Waals surface area contributed by atoms with Crippen molar-refractivity contribution in [2.75, 3.05) is 18.4 Å². The third-order valence-corrected chi connectivity index (χ3v) is 4.71. The molecule has 0 bridgehead atoms. The molecule has 2 aliphatic rings. The lowest BCUT2D eigenvalue weighted by molar-refractivity contribution is -0.121. The van der Waals surface area contributed by atoms with Gasteiger partial charge in [-0.15, -0.1) is 12.4 Å². The van der Waals surface area contributed by atoms with Crippen LogP contribution in [0.15, 0.2) is 24.3 Å². The average Bonchev–Trinajstić information content (AvgIpc) is 2.84. The Labute approximate surface area is 132 Å². The molecule has 3 atom stereocenters. The number of hydrogen-bond acceptors (Lipinski definition) is 3. The lowest BCUT2D eigenvalue weighted by atomic mass is 10.0. The molecule has 0 saturated carbocycles. The van der Waals surface area contributed by atoms with E-state index in [2.05, 4.69) is 23.2 Å². The second-order valence-electron chi connectivity index (χ2n) is 6.10. The summed E-state index contributed by atoms with van der Waals surface area (Å²) < 4.78 is 0. The highest BCUT2D eigenvalue weighted by atomic mass is 35.5. The summed E-state index contributed by atoms with van der Waals surface area (Å²) in [4.78, 5) is 14.8. The van der Waals surface area contributed by atoms with Crippen molar-refractivity contribution < 1.29 is 4.79 Å². The molecule has 1 fully saturated rings. The zero-order chi connectivity index (χ0) is 14.1. The standard InChI is InChI=1S/C16H23N3O.ClH/c1-11(17)13-8-9-19(10-13)15-7-6-12-4-2-3-5-14(12)18-16(15)20;/h2-5,11,13,15H,6-10,17H2,1H3,(H,18,20);1H. The maximum absolute atomic E-state index is 12.5. The Balaban J connectivity index is 0.00000161. The van der Waals surface area contributed by atoms with E-state index in [0.29, 0.717) is 5.92 Å². The predicted octanol–water partition coefficient (Wildman–Crippen LogP) is 2.03. The lowest BCUT2D eigenvalue weighted by Gasteiger charge is -2.25. The van der Waals surface area contributed by atoms with E-state index in [9.17, 15) is 4.79 Å². The number of rotatable bonds is 2. The molecule has 3 unspecified atom stereocenters. The van der Waals surface area contributed by atoms with Gasteiger partial charge < -0.3 is 11.1 Å². The summed E-state index contributed by atoms with van der Waals surface area (Å²) in [7, 11) is 0. The maximum Gasteiger partial charge on any atom is 0.241 e. The molecule has 2 aliphatic heterocycles. The van der Waals surface area contributed by atoms with Crippen LogP contribution in [0.1, 0.15) is 25.3 Å². The van der Waals surface area contributed by atoms with Gasteiger partial charge in [-0.25, -0.2) is 0 Å². The topological polar surface area (TPSA) is 58.4 Å². The summed E-state index contributed by atoms with van der Waals surface area (Å²) in [6.45, 7) is 4.00. The van der Waals surface area contributed by atoms with Crippen molar-refractivity contribution in [3.8, 4) is 0 Å². The van der Waals surface area contributed by atoms with Gasteiger partial charge in [0.15, 0.2) is 0 Å². The smallest absolute Gasteiger partial charge is 0.241 e. The zero-order valence-corrected chi connectivity index (χ0v) is 13.2. The lowest BCUT2D eigenvalue weighted by Crippen LogP contribution is -2.43. The Bertz CT molecular complexity index is 506. The van der Waals surface area contributed by atoms with Gasteiger partial charge in [-0.3, -0.25) is 9.69 Å². The molecule has 1 amide bonds. The first kappa shape index (κ1) is 16.3. The van der Waals surface area contributed by atoms with Gasteiger partial charge in [0.2, 0.25) is 5.91 Å². The fourth-order valence-electron chi connectivity index (χ4n) is 3.38. The molecule has 1 aromatic carbocycles. The van der Waals surface area contributed by atoms with Crippen molar-refractivity contribution in [1.82, 2.24) is 4.90 Å². The van der Waals surface area contributed by atoms with E-state index < -0.39 is 0 Å². The van der Waals surface area contributed by atoms with Crippen LogP contribution in [0.3, 0.4) is 0 Å². The molecule has 21 heavy (non-hydrogen) atoms. The molecule has 0 spiro atoms. The van der Waals surface area contributed by atoms with Crippen LogP contribution in [-0.4, -0.2) is 36.0 Å². The highest BCUT2D eigenvalue weighted by Gasteiger charge is 2.34. The first-order valence-electron chi connectivity index (χ1n) is 7.53. The quantitative estimate of drug-likeness (QED) is 0.879. The van der Waals surface area contributed by atoms with Crippen molar-refractivity contribution in [2.45, 2.75) is 38.3 Å². The van der Waals surface area contributed by atoms with Crippen LogP contribution in [0.5, 0.6) is 0 Å². The van der Waals surface area contributed by atoms with E-state index in [1.165, 1.54) is 5.56 Å². The number of fused-ring (bicyclic) bond motifs is 1. The third kappa shape index (κ3) is 3.39. The molecule has 1 saturated heterocycles. The molecule has 3 N–H and O–H groups in total. The first-order chi connectivity index (χ1) is 9.65. The monoisotopic (exact) mass is 309 g/mol. The summed E-state index contributed by atoms with van der Waals surface area (Å²) >= 11 is 0. The second kappa shape index (κ2) is 6.77. The van der Waals surface area contributed by atoms with Crippen LogP contribution >= 0.6 is 12.4 Å².